The second-order valence-electron chi connectivity index (χ2n) is 7.50. The summed E-state index contributed by atoms with van der Waals surface area (Å²) in [7, 11) is 4.81. The van der Waals surface area contributed by atoms with Gasteiger partial charge >= 0.3 is 6.03 Å². The number of nitrogens with one attached hydrogen (secondary N) is 2. The van der Waals surface area contributed by atoms with E-state index in [4.69, 9.17) is 4.74 Å². The Morgan fingerprint density at radius 1 is 1.13 bits per heavy atom. The van der Waals surface area contributed by atoms with Crippen molar-refractivity contribution in [2.45, 2.75) is 12.5 Å². The summed E-state index contributed by atoms with van der Waals surface area (Å²) in [6, 6.07) is 12.5. The van der Waals surface area contributed by atoms with E-state index in [1.54, 1.807) is 69.6 Å². The number of carbonyl (C=O) groups is 4. The first-order valence-corrected chi connectivity index (χ1v) is 9.56. The van der Waals surface area contributed by atoms with Crippen LogP contribution in [0.25, 0.3) is 0 Å². The molecule has 31 heavy (non-hydrogen) atoms. The molecule has 9 heteroatoms. The van der Waals surface area contributed by atoms with Gasteiger partial charge in [-0.3, -0.25) is 19.3 Å². The molecule has 1 heterocycles. The van der Waals surface area contributed by atoms with E-state index in [9.17, 15) is 19.2 Å². The Morgan fingerprint density at radius 2 is 1.81 bits per heavy atom. The Hall–Kier alpha value is -3.88. The third kappa shape index (κ3) is 4.35. The number of amides is 5. The first-order valence-electron chi connectivity index (χ1n) is 9.56. The molecule has 3 rings (SSSR count). The zero-order valence-corrected chi connectivity index (χ0v) is 17.8. The Bertz CT molecular complexity index is 1030. The number of nitrogens with zero attached hydrogens (tertiary/aromatic N) is 2. The maximum absolute atomic E-state index is 13.0. The molecule has 1 fully saturated rings. The fraction of sp³-hybridized carbons (Fsp3) is 0.273. The van der Waals surface area contributed by atoms with Crippen molar-refractivity contribution in [3.8, 4) is 5.75 Å². The SMILES string of the molecule is COc1cccc([C@]2(C)NC(=O)N(CC(=O)Nc3ccc(C(=O)N(C)C)cc3)C2=O)c1. The molecule has 2 N–H and O–H groups in total. The van der Waals surface area contributed by atoms with Crippen molar-refractivity contribution in [3.63, 3.8) is 0 Å². The summed E-state index contributed by atoms with van der Waals surface area (Å²) in [5.74, 6) is -0.680. The molecule has 2 aromatic rings. The average Bonchev–Trinajstić information content (AvgIpc) is 2.97. The minimum atomic E-state index is -1.31. The summed E-state index contributed by atoms with van der Waals surface area (Å²) < 4.78 is 5.19. The van der Waals surface area contributed by atoms with Crippen LogP contribution < -0.4 is 15.4 Å². The minimum absolute atomic E-state index is 0.158. The van der Waals surface area contributed by atoms with Crippen LogP contribution in [-0.2, 0) is 15.1 Å². The number of benzene rings is 2. The van der Waals surface area contributed by atoms with Crippen LogP contribution in [-0.4, -0.2) is 61.3 Å². The average molecular weight is 424 g/mol. The number of urea groups is 1. The number of anilines is 1. The third-order valence-electron chi connectivity index (χ3n) is 5.05. The summed E-state index contributed by atoms with van der Waals surface area (Å²) in [6.07, 6.45) is 0. The topological polar surface area (TPSA) is 108 Å². The second kappa shape index (κ2) is 8.47. The molecule has 0 aromatic heterocycles. The van der Waals surface area contributed by atoms with Crippen LogP contribution in [0.3, 0.4) is 0 Å². The summed E-state index contributed by atoms with van der Waals surface area (Å²) in [4.78, 5) is 52.1. The van der Waals surface area contributed by atoms with Crippen molar-refractivity contribution >= 4 is 29.4 Å². The lowest BCUT2D eigenvalue weighted by Gasteiger charge is -2.22. The summed E-state index contributed by atoms with van der Waals surface area (Å²) in [6.45, 7) is 1.14. The zero-order chi connectivity index (χ0) is 22.8. The number of methoxy groups -OCH3 is 1. The molecule has 162 valence electrons. The van der Waals surface area contributed by atoms with Crippen LogP contribution >= 0.6 is 0 Å². The lowest BCUT2D eigenvalue weighted by Crippen LogP contribution is -2.42. The van der Waals surface area contributed by atoms with Crippen LogP contribution in [0.1, 0.15) is 22.8 Å². The highest BCUT2D eigenvalue weighted by molar-refractivity contribution is 6.10. The van der Waals surface area contributed by atoms with Crippen LogP contribution in [0, 0.1) is 0 Å². The fourth-order valence-electron chi connectivity index (χ4n) is 3.27. The highest BCUT2D eigenvalue weighted by Gasteiger charge is 2.49. The number of carbonyl (C=O) groups excluding carboxylic acids is 4. The van der Waals surface area contributed by atoms with Gasteiger partial charge in [0.2, 0.25) is 5.91 Å². The molecule has 0 aliphatic carbocycles. The number of hydrogen-bond acceptors (Lipinski definition) is 5. The Balaban J connectivity index is 1.69. The van der Waals surface area contributed by atoms with Gasteiger partial charge in [-0.25, -0.2) is 4.79 Å². The van der Waals surface area contributed by atoms with Gasteiger partial charge in [0.1, 0.15) is 17.8 Å². The number of hydrogen-bond donors (Lipinski definition) is 2. The van der Waals surface area contributed by atoms with Crippen molar-refractivity contribution < 1.29 is 23.9 Å². The highest BCUT2D eigenvalue weighted by Crippen LogP contribution is 2.30. The summed E-state index contributed by atoms with van der Waals surface area (Å²) >= 11 is 0. The van der Waals surface area contributed by atoms with Gasteiger partial charge in [-0.2, -0.15) is 0 Å². The van der Waals surface area contributed by atoms with Crippen LogP contribution in [0.4, 0.5) is 10.5 Å². The first kappa shape index (κ1) is 21.8. The van der Waals surface area contributed by atoms with Gasteiger partial charge in [-0.15, -0.1) is 0 Å². The van der Waals surface area contributed by atoms with Crippen LogP contribution in [0.15, 0.2) is 48.5 Å². The quantitative estimate of drug-likeness (QED) is 0.688. The summed E-state index contributed by atoms with van der Waals surface area (Å²) in [5.41, 5.74) is 0.170. The molecular formula is C22H24N4O5. The van der Waals surface area contributed by atoms with E-state index in [2.05, 4.69) is 10.6 Å². The van der Waals surface area contributed by atoms with Crippen molar-refractivity contribution in [1.29, 1.82) is 0 Å². The number of ether oxygens (including phenoxy) is 1. The highest BCUT2D eigenvalue weighted by atomic mass is 16.5. The predicted molar refractivity (Wildman–Crippen MR) is 114 cm³/mol. The van der Waals surface area contributed by atoms with Crippen molar-refractivity contribution in [3.05, 3.63) is 59.7 Å². The van der Waals surface area contributed by atoms with Gasteiger partial charge in [0.15, 0.2) is 0 Å². The second-order valence-corrected chi connectivity index (χ2v) is 7.50. The van der Waals surface area contributed by atoms with Gasteiger partial charge in [0, 0.05) is 25.3 Å². The Labute approximate surface area is 180 Å². The molecule has 5 amide bonds. The fourth-order valence-corrected chi connectivity index (χ4v) is 3.27. The molecule has 0 saturated carbocycles. The lowest BCUT2D eigenvalue weighted by atomic mass is 9.92. The Morgan fingerprint density at radius 3 is 2.42 bits per heavy atom. The minimum Gasteiger partial charge on any atom is -0.497 e. The smallest absolute Gasteiger partial charge is 0.325 e. The molecule has 1 saturated heterocycles. The maximum atomic E-state index is 13.0. The van der Waals surface area contributed by atoms with Crippen LogP contribution in [0.5, 0.6) is 5.75 Å². The Kier molecular flexibility index (Phi) is 5.96. The molecular weight excluding hydrogens is 400 g/mol. The van der Waals surface area contributed by atoms with Crippen molar-refractivity contribution in [2.24, 2.45) is 0 Å². The predicted octanol–water partition coefficient (Wildman–Crippen LogP) is 1.80. The van der Waals surface area contributed by atoms with Crippen molar-refractivity contribution in [2.75, 3.05) is 33.1 Å². The monoisotopic (exact) mass is 424 g/mol. The lowest BCUT2D eigenvalue weighted by molar-refractivity contribution is -0.133. The third-order valence-corrected chi connectivity index (χ3v) is 5.05. The van der Waals surface area contributed by atoms with Crippen molar-refractivity contribution in [1.82, 2.24) is 15.1 Å². The molecule has 0 unspecified atom stereocenters. The maximum Gasteiger partial charge on any atom is 0.325 e. The molecule has 1 aliphatic rings. The normalized spacial score (nSPS) is 17.9. The standard InChI is InChI=1S/C22H24N4O5/c1-22(15-6-5-7-17(12-15)31-4)20(29)26(21(30)24-22)13-18(27)23-16-10-8-14(9-11-16)19(28)25(2)3/h5-12H,13H2,1-4H3,(H,23,27)(H,24,30)/t22-/m0/s1. The molecule has 1 atom stereocenters. The molecule has 9 nitrogen and oxygen atoms in total. The van der Waals surface area contributed by atoms with E-state index >= 15 is 0 Å². The van der Waals surface area contributed by atoms with Gasteiger partial charge in [-0.1, -0.05) is 12.1 Å². The van der Waals surface area contributed by atoms with Gasteiger partial charge in [-0.05, 0) is 48.9 Å². The molecule has 1 aliphatic heterocycles. The number of imide groups is 1. The first-order chi connectivity index (χ1) is 14.7. The van der Waals surface area contributed by atoms with Gasteiger partial charge in [0.05, 0.1) is 7.11 Å². The zero-order valence-electron chi connectivity index (χ0n) is 17.8. The summed E-state index contributed by atoms with van der Waals surface area (Å²) in [5, 5.41) is 5.29. The van der Waals surface area contributed by atoms with Gasteiger partial charge < -0.3 is 20.3 Å². The van der Waals surface area contributed by atoms with Crippen LogP contribution in [0.2, 0.25) is 0 Å². The van der Waals surface area contributed by atoms with E-state index < -0.39 is 29.9 Å². The molecule has 0 radical (unpaired) electrons. The molecule has 0 spiro atoms. The van der Waals surface area contributed by atoms with Gasteiger partial charge in [0.25, 0.3) is 11.8 Å². The van der Waals surface area contributed by atoms with E-state index in [-0.39, 0.29) is 5.91 Å². The van der Waals surface area contributed by atoms with E-state index in [1.165, 1.54) is 12.0 Å². The molecule has 2 aromatic carbocycles. The van der Waals surface area contributed by atoms with E-state index in [0.29, 0.717) is 22.6 Å². The number of rotatable bonds is 6. The largest absolute Gasteiger partial charge is 0.497 e. The molecule has 0 bridgehead atoms. The van der Waals surface area contributed by atoms with E-state index in [1.807, 2.05) is 0 Å². The van der Waals surface area contributed by atoms with E-state index in [0.717, 1.165) is 4.90 Å².